The van der Waals surface area contributed by atoms with Crippen LogP contribution in [0, 0.1) is 0 Å². The Kier molecular flexibility index (Phi) is 2.73. The molecule has 2 rings (SSSR count). The number of aromatic nitrogens is 2. The molecule has 2 aromatic heterocycles. The number of carbonyl (C=O) groups excluding carboxylic acids is 1. The molecular weight excluding hydrogens is 239 g/mol. The maximum atomic E-state index is 11.2. The number of anilines is 1. The molecule has 2 aromatic rings. The van der Waals surface area contributed by atoms with E-state index in [-0.39, 0.29) is 17.1 Å². The third kappa shape index (κ3) is 1.94. The average Bonchev–Trinajstić information content (AvgIpc) is 2.82. The van der Waals surface area contributed by atoms with Crippen LogP contribution in [0.3, 0.4) is 0 Å². The molecule has 1 atom stereocenters. The van der Waals surface area contributed by atoms with Gasteiger partial charge in [0.1, 0.15) is 19.8 Å². The van der Waals surface area contributed by atoms with Crippen LogP contribution in [0.5, 0.6) is 0 Å². The summed E-state index contributed by atoms with van der Waals surface area (Å²) in [6.07, 6.45) is 3.95. The van der Waals surface area contributed by atoms with E-state index in [1.54, 1.807) is 6.07 Å². The zero-order valence-corrected chi connectivity index (χ0v) is 10.1. The molecular formula is C10H12N4O2P+. The van der Waals surface area contributed by atoms with Gasteiger partial charge < -0.3 is 21.0 Å². The molecule has 0 aliphatic rings. The minimum absolute atomic E-state index is 0.00274. The van der Waals surface area contributed by atoms with E-state index >= 15 is 0 Å². The van der Waals surface area contributed by atoms with Gasteiger partial charge in [-0.25, -0.2) is 0 Å². The minimum Gasteiger partial charge on any atom is -0.380 e. The van der Waals surface area contributed by atoms with Gasteiger partial charge in [-0.1, -0.05) is 5.16 Å². The van der Waals surface area contributed by atoms with Crippen LogP contribution in [0.1, 0.15) is 10.4 Å². The van der Waals surface area contributed by atoms with Crippen molar-refractivity contribution in [1.82, 2.24) is 10.1 Å². The van der Waals surface area contributed by atoms with Gasteiger partial charge in [0.2, 0.25) is 5.44 Å². The number of hydrogen-bond donors (Lipinski definition) is 3. The van der Waals surface area contributed by atoms with E-state index in [1.807, 2.05) is 12.7 Å². The molecule has 0 fully saturated rings. The Labute approximate surface area is 98.4 Å². The van der Waals surface area contributed by atoms with Gasteiger partial charge in [-0.3, -0.25) is 4.79 Å². The third-order valence-electron chi connectivity index (χ3n) is 2.29. The van der Waals surface area contributed by atoms with E-state index in [2.05, 4.69) is 16.4 Å². The van der Waals surface area contributed by atoms with Gasteiger partial charge in [-0.2, -0.15) is 0 Å². The molecule has 5 N–H and O–H groups in total. The molecule has 0 aromatic carbocycles. The fourth-order valence-corrected chi connectivity index (χ4v) is 2.10. The highest BCUT2D eigenvalue weighted by molar-refractivity contribution is 7.62. The summed E-state index contributed by atoms with van der Waals surface area (Å²) in [5.41, 5.74) is 12.4. The topological polar surface area (TPSA) is 111 Å². The van der Waals surface area contributed by atoms with E-state index < -0.39 is 13.5 Å². The van der Waals surface area contributed by atoms with Crippen molar-refractivity contribution >= 4 is 31.0 Å². The van der Waals surface area contributed by atoms with Crippen LogP contribution in [0.4, 0.5) is 5.82 Å². The van der Waals surface area contributed by atoms with Crippen molar-refractivity contribution in [2.24, 2.45) is 5.73 Å². The van der Waals surface area contributed by atoms with Crippen molar-refractivity contribution in [2.45, 2.75) is 0 Å². The van der Waals surface area contributed by atoms with Gasteiger partial charge in [0.25, 0.3) is 5.91 Å². The quantitative estimate of drug-likeness (QED) is 0.690. The molecule has 0 bridgehead atoms. The molecule has 0 saturated carbocycles. The number of primary amides is 1. The first-order chi connectivity index (χ1) is 8.00. The van der Waals surface area contributed by atoms with Crippen LogP contribution in [0.25, 0.3) is 11.5 Å². The maximum Gasteiger partial charge on any atom is 0.256 e. The highest BCUT2D eigenvalue weighted by atomic mass is 31.1. The third-order valence-corrected chi connectivity index (χ3v) is 3.37. The van der Waals surface area contributed by atoms with Crippen LogP contribution in [-0.4, -0.2) is 29.0 Å². The van der Waals surface area contributed by atoms with Crippen LogP contribution >= 0.6 is 7.55 Å². The van der Waals surface area contributed by atoms with Crippen molar-refractivity contribution in [3.63, 3.8) is 0 Å². The van der Waals surface area contributed by atoms with E-state index in [0.717, 1.165) is 5.44 Å². The SMILES string of the molecule is C=[P+](C)c1ccc(-c2onc(N)c2C(N)=O)[nH]1. The van der Waals surface area contributed by atoms with Gasteiger partial charge in [0.05, 0.1) is 12.0 Å². The largest absolute Gasteiger partial charge is 0.380 e. The Morgan fingerprint density at radius 2 is 2.29 bits per heavy atom. The van der Waals surface area contributed by atoms with Gasteiger partial charge in [0.15, 0.2) is 11.6 Å². The summed E-state index contributed by atoms with van der Waals surface area (Å²) in [4.78, 5) is 14.3. The van der Waals surface area contributed by atoms with Crippen molar-refractivity contribution in [2.75, 3.05) is 12.4 Å². The van der Waals surface area contributed by atoms with Crippen LogP contribution in [0.2, 0.25) is 0 Å². The summed E-state index contributed by atoms with van der Waals surface area (Å²) in [5.74, 6) is -0.404. The summed E-state index contributed by atoms with van der Waals surface area (Å²) >= 11 is 0. The maximum absolute atomic E-state index is 11.2. The molecule has 7 heteroatoms. The van der Waals surface area contributed by atoms with Crippen LogP contribution in [0.15, 0.2) is 16.7 Å². The molecule has 0 spiro atoms. The zero-order chi connectivity index (χ0) is 12.6. The second-order valence-electron chi connectivity index (χ2n) is 3.59. The molecule has 0 aliphatic carbocycles. The van der Waals surface area contributed by atoms with E-state index in [9.17, 15) is 4.79 Å². The summed E-state index contributed by atoms with van der Waals surface area (Å²) in [6, 6.07) is 3.67. The Morgan fingerprint density at radius 3 is 2.82 bits per heavy atom. The number of H-pyrrole nitrogens is 1. The van der Waals surface area contributed by atoms with Crippen molar-refractivity contribution < 1.29 is 9.32 Å². The summed E-state index contributed by atoms with van der Waals surface area (Å²) in [6.45, 7) is 2.01. The second-order valence-corrected chi connectivity index (χ2v) is 5.47. The predicted octanol–water partition coefficient (Wildman–Crippen LogP) is 0.520. The highest BCUT2D eigenvalue weighted by Gasteiger charge is 2.22. The van der Waals surface area contributed by atoms with Crippen LogP contribution in [-0.2, 0) is 0 Å². The van der Waals surface area contributed by atoms with Crippen molar-refractivity contribution in [3.05, 3.63) is 17.7 Å². The Bertz CT molecular complexity index is 599. The predicted molar refractivity (Wildman–Crippen MR) is 68.8 cm³/mol. The molecule has 2 heterocycles. The van der Waals surface area contributed by atoms with E-state index in [4.69, 9.17) is 16.0 Å². The number of nitrogens with zero attached hydrogens (tertiary/aromatic N) is 1. The fraction of sp³-hybridized carbons (Fsp3) is 0.100. The standard InChI is InChI=1S/C10H11N4O2P/c1-17(2)6-4-3-5(13-6)8-7(10(12)15)9(11)14-16-8/h3-4H,1H2,2H3,(H4-,11,12,13,14,15)/p+1. The second kappa shape index (κ2) is 4.07. The van der Waals surface area contributed by atoms with E-state index in [0.29, 0.717) is 5.69 Å². The molecule has 88 valence electrons. The number of nitrogens with two attached hydrogens (primary N) is 2. The lowest BCUT2D eigenvalue weighted by Crippen LogP contribution is -2.13. The van der Waals surface area contributed by atoms with Gasteiger partial charge in [0, 0.05) is 6.07 Å². The number of nitrogens with one attached hydrogen (secondary N) is 1. The Hall–Kier alpha value is -2.07. The van der Waals surface area contributed by atoms with Gasteiger partial charge in [-0.05, 0) is 6.07 Å². The fourth-order valence-electron chi connectivity index (χ4n) is 1.46. The highest BCUT2D eigenvalue weighted by Crippen LogP contribution is 2.26. The molecule has 17 heavy (non-hydrogen) atoms. The first-order valence-electron chi connectivity index (χ1n) is 4.79. The van der Waals surface area contributed by atoms with Crippen LogP contribution < -0.4 is 16.9 Å². The lowest BCUT2D eigenvalue weighted by molar-refractivity contribution is 0.100. The Morgan fingerprint density at radius 1 is 1.59 bits per heavy atom. The molecule has 6 nitrogen and oxygen atoms in total. The van der Waals surface area contributed by atoms with Gasteiger partial charge in [-0.15, -0.1) is 0 Å². The monoisotopic (exact) mass is 251 g/mol. The molecule has 0 aliphatic heterocycles. The normalized spacial score (nSPS) is 11.5. The minimum atomic E-state index is -0.664. The smallest absolute Gasteiger partial charge is 0.256 e. The summed E-state index contributed by atoms with van der Waals surface area (Å²) in [7, 11) is -0.498. The van der Waals surface area contributed by atoms with Gasteiger partial charge >= 0.3 is 0 Å². The number of hydrogen-bond acceptors (Lipinski definition) is 4. The molecule has 1 unspecified atom stereocenters. The molecule has 0 radical (unpaired) electrons. The summed E-state index contributed by atoms with van der Waals surface area (Å²) < 4.78 is 5.02. The zero-order valence-electron chi connectivity index (χ0n) is 9.23. The lowest BCUT2D eigenvalue weighted by atomic mass is 10.2. The van der Waals surface area contributed by atoms with Crippen molar-refractivity contribution in [1.29, 1.82) is 0 Å². The summed E-state index contributed by atoms with van der Waals surface area (Å²) in [5, 5.41) is 3.54. The number of nitrogen functional groups attached to an aromatic ring is 1. The average molecular weight is 251 g/mol. The number of aromatic amines is 1. The van der Waals surface area contributed by atoms with E-state index in [1.165, 1.54) is 0 Å². The van der Waals surface area contributed by atoms with Crippen molar-refractivity contribution in [3.8, 4) is 11.5 Å². The lowest BCUT2D eigenvalue weighted by Gasteiger charge is -1.94. The Balaban J connectivity index is 2.53. The molecule has 0 saturated heterocycles. The number of amides is 1. The molecule has 1 amide bonds. The first kappa shape index (κ1) is 11.4. The number of carbonyl (C=O) groups is 1. The first-order valence-corrected chi connectivity index (χ1v) is 6.76. The number of rotatable bonds is 3.